The first-order valence-electron chi connectivity index (χ1n) is 7.96. The normalized spacial score (nSPS) is 11.0. The second-order valence-corrected chi connectivity index (χ2v) is 5.52. The van der Waals surface area contributed by atoms with Crippen molar-refractivity contribution in [1.29, 1.82) is 5.26 Å². The number of nitriles is 1. The Morgan fingerprint density at radius 1 is 1.08 bits per heavy atom. The van der Waals surface area contributed by atoms with Gasteiger partial charge in [0.1, 0.15) is 29.0 Å². The fourth-order valence-corrected chi connectivity index (χ4v) is 2.40. The lowest BCUT2D eigenvalue weighted by Crippen LogP contribution is -2.23. The topological polar surface area (TPSA) is 66.0 Å². The van der Waals surface area contributed by atoms with Crippen LogP contribution in [0.25, 0.3) is 17.4 Å². The molecule has 3 rings (SSSR count). The van der Waals surface area contributed by atoms with Crippen molar-refractivity contribution in [3.8, 4) is 17.4 Å². The molecule has 1 amide bonds. The lowest BCUT2D eigenvalue weighted by molar-refractivity contribution is -0.117. The molecule has 0 aliphatic rings. The quantitative estimate of drug-likeness (QED) is 0.553. The van der Waals surface area contributed by atoms with Crippen LogP contribution in [0.3, 0.4) is 0 Å². The Morgan fingerprint density at radius 2 is 1.81 bits per heavy atom. The Labute approximate surface area is 150 Å². The molecule has 3 aromatic rings. The minimum absolute atomic E-state index is 0.0876. The summed E-state index contributed by atoms with van der Waals surface area (Å²) in [5, 5.41) is 11.9. The molecule has 0 radical (unpaired) electrons. The van der Waals surface area contributed by atoms with Crippen molar-refractivity contribution in [2.45, 2.75) is 6.54 Å². The van der Waals surface area contributed by atoms with Gasteiger partial charge in [-0.05, 0) is 29.8 Å². The van der Waals surface area contributed by atoms with Gasteiger partial charge in [-0.3, -0.25) is 4.79 Å². The molecule has 2 aromatic carbocycles. The highest BCUT2D eigenvalue weighted by Gasteiger charge is 2.12. The molecule has 0 unspecified atom stereocenters. The average Bonchev–Trinajstić information content (AvgIpc) is 3.13. The van der Waals surface area contributed by atoms with Crippen molar-refractivity contribution in [3.63, 3.8) is 0 Å². The number of hydrogen-bond donors (Lipinski definition) is 1. The molecule has 26 heavy (non-hydrogen) atoms. The molecule has 1 N–H and O–H groups in total. The SMILES string of the molecule is N#CC(=Cc1ccc(-c2ccccc2F)o1)C(=O)NCc1ccccc1. The fraction of sp³-hybridized carbons (Fsp3) is 0.0476. The molecule has 0 aliphatic carbocycles. The van der Waals surface area contributed by atoms with Gasteiger partial charge in [-0.25, -0.2) is 4.39 Å². The van der Waals surface area contributed by atoms with Crippen molar-refractivity contribution in [1.82, 2.24) is 5.32 Å². The number of halogens is 1. The summed E-state index contributed by atoms with van der Waals surface area (Å²) < 4.78 is 19.4. The van der Waals surface area contributed by atoms with Crippen molar-refractivity contribution in [2.24, 2.45) is 0 Å². The van der Waals surface area contributed by atoms with E-state index in [1.165, 1.54) is 12.1 Å². The molecule has 0 saturated carbocycles. The van der Waals surface area contributed by atoms with Gasteiger partial charge in [0, 0.05) is 12.6 Å². The van der Waals surface area contributed by atoms with Gasteiger partial charge in [-0.15, -0.1) is 0 Å². The monoisotopic (exact) mass is 346 g/mol. The maximum Gasteiger partial charge on any atom is 0.262 e. The molecule has 0 aliphatic heterocycles. The van der Waals surface area contributed by atoms with E-state index in [2.05, 4.69) is 5.32 Å². The van der Waals surface area contributed by atoms with Crippen LogP contribution < -0.4 is 5.32 Å². The van der Waals surface area contributed by atoms with Gasteiger partial charge in [0.15, 0.2) is 0 Å². The maximum atomic E-state index is 13.8. The van der Waals surface area contributed by atoms with Gasteiger partial charge in [0.2, 0.25) is 0 Å². The van der Waals surface area contributed by atoms with Crippen LogP contribution in [0.15, 0.2) is 76.7 Å². The minimum atomic E-state index is -0.500. The Kier molecular flexibility index (Phi) is 5.25. The van der Waals surface area contributed by atoms with Gasteiger partial charge in [-0.2, -0.15) is 5.26 Å². The Bertz CT molecular complexity index is 985. The predicted molar refractivity (Wildman–Crippen MR) is 96.0 cm³/mol. The summed E-state index contributed by atoms with van der Waals surface area (Å²) in [6, 6.07) is 20.7. The predicted octanol–water partition coefficient (Wildman–Crippen LogP) is 4.31. The number of carbonyl (C=O) groups excluding carboxylic acids is 1. The van der Waals surface area contributed by atoms with E-state index in [9.17, 15) is 14.4 Å². The third-order valence-corrected chi connectivity index (χ3v) is 3.71. The molecule has 0 saturated heterocycles. The molecule has 0 spiro atoms. The minimum Gasteiger partial charge on any atom is -0.457 e. The van der Waals surface area contributed by atoms with E-state index in [4.69, 9.17) is 4.42 Å². The molecule has 5 heteroatoms. The number of rotatable bonds is 5. The van der Waals surface area contributed by atoms with Crippen LogP contribution in [-0.4, -0.2) is 5.91 Å². The van der Waals surface area contributed by atoms with Crippen molar-refractivity contribution >= 4 is 12.0 Å². The molecule has 0 atom stereocenters. The maximum absolute atomic E-state index is 13.8. The van der Waals surface area contributed by atoms with Crippen LogP contribution in [0.2, 0.25) is 0 Å². The van der Waals surface area contributed by atoms with Crippen LogP contribution in [0.5, 0.6) is 0 Å². The van der Waals surface area contributed by atoms with E-state index in [0.717, 1.165) is 5.56 Å². The number of nitrogens with zero attached hydrogens (tertiary/aromatic N) is 1. The average molecular weight is 346 g/mol. The highest BCUT2D eigenvalue weighted by Crippen LogP contribution is 2.25. The number of hydrogen-bond acceptors (Lipinski definition) is 3. The van der Waals surface area contributed by atoms with Crippen LogP contribution in [0.1, 0.15) is 11.3 Å². The molecule has 4 nitrogen and oxygen atoms in total. The molecule has 0 bridgehead atoms. The van der Waals surface area contributed by atoms with Gasteiger partial charge in [-0.1, -0.05) is 42.5 Å². The largest absolute Gasteiger partial charge is 0.457 e. The lowest BCUT2D eigenvalue weighted by atomic mass is 10.1. The van der Waals surface area contributed by atoms with Gasteiger partial charge in [0.05, 0.1) is 5.56 Å². The van der Waals surface area contributed by atoms with E-state index < -0.39 is 11.7 Å². The van der Waals surface area contributed by atoms with E-state index in [1.54, 1.807) is 30.3 Å². The number of benzene rings is 2. The third kappa shape index (κ3) is 4.05. The second-order valence-electron chi connectivity index (χ2n) is 5.52. The zero-order valence-corrected chi connectivity index (χ0v) is 13.8. The summed E-state index contributed by atoms with van der Waals surface area (Å²) in [5.41, 5.74) is 1.16. The number of amides is 1. The van der Waals surface area contributed by atoms with Crippen LogP contribution in [-0.2, 0) is 11.3 Å². The number of carbonyl (C=O) groups is 1. The number of nitrogens with one attached hydrogen (secondary N) is 1. The first-order chi connectivity index (χ1) is 12.7. The van der Waals surface area contributed by atoms with Crippen LogP contribution in [0.4, 0.5) is 4.39 Å². The highest BCUT2D eigenvalue weighted by molar-refractivity contribution is 6.01. The molecular formula is C21H15FN2O2. The van der Waals surface area contributed by atoms with E-state index in [1.807, 2.05) is 36.4 Å². The van der Waals surface area contributed by atoms with Crippen LogP contribution >= 0.6 is 0 Å². The lowest BCUT2D eigenvalue weighted by Gasteiger charge is -2.04. The van der Waals surface area contributed by atoms with Crippen molar-refractivity contribution in [3.05, 3.63) is 89.4 Å². The second kappa shape index (κ2) is 7.95. The third-order valence-electron chi connectivity index (χ3n) is 3.71. The first kappa shape index (κ1) is 17.2. The van der Waals surface area contributed by atoms with Crippen molar-refractivity contribution < 1.29 is 13.6 Å². The van der Waals surface area contributed by atoms with E-state index in [0.29, 0.717) is 23.6 Å². The van der Waals surface area contributed by atoms with Gasteiger partial charge < -0.3 is 9.73 Å². The smallest absolute Gasteiger partial charge is 0.262 e. The summed E-state index contributed by atoms with van der Waals surface area (Å²) in [6.45, 7) is 0.317. The summed E-state index contributed by atoms with van der Waals surface area (Å²) in [5.74, 6) is -0.273. The standard InChI is InChI=1S/C21H15FN2O2/c22-19-9-5-4-8-18(19)20-11-10-17(26-20)12-16(13-23)21(25)24-14-15-6-2-1-3-7-15/h1-12H,14H2,(H,24,25). The first-order valence-corrected chi connectivity index (χ1v) is 7.96. The number of furan rings is 1. The summed E-state index contributed by atoms with van der Waals surface area (Å²) in [7, 11) is 0. The molecule has 128 valence electrons. The Balaban J connectivity index is 1.74. The van der Waals surface area contributed by atoms with Gasteiger partial charge in [0.25, 0.3) is 5.91 Å². The van der Waals surface area contributed by atoms with Crippen molar-refractivity contribution in [2.75, 3.05) is 0 Å². The summed E-state index contributed by atoms with van der Waals surface area (Å²) in [6.07, 6.45) is 1.34. The highest BCUT2D eigenvalue weighted by atomic mass is 19.1. The fourth-order valence-electron chi connectivity index (χ4n) is 2.40. The summed E-state index contributed by atoms with van der Waals surface area (Å²) in [4.78, 5) is 12.2. The Morgan fingerprint density at radius 3 is 2.54 bits per heavy atom. The molecular weight excluding hydrogens is 331 g/mol. The van der Waals surface area contributed by atoms with E-state index >= 15 is 0 Å². The molecule has 1 aromatic heterocycles. The van der Waals surface area contributed by atoms with Crippen LogP contribution in [0, 0.1) is 17.1 Å². The summed E-state index contributed by atoms with van der Waals surface area (Å²) >= 11 is 0. The zero-order chi connectivity index (χ0) is 18.4. The van der Waals surface area contributed by atoms with Gasteiger partial charge >= 0.3 is 0 Å². The molecule has 1 heterocycles. The zero-order valence-electron chi connectivity index (χ0n) is 13.8. The van der Waals surface area contributed by atoms with E-state index in [-0.39, 0.29) is 5.57 Å². The molecule has 0 fully saturated rings. The Hall–Kier alpha value is -3.65.